The van der Waals surface area contributed by atoms with Crippen molar-refractivity contribution in [2.24, 2.45) is 23.7 Å². The standard InChI is InChI=1S/C41H79N3O11/c1-16-44(17-2)22-30-23-51-38(48)28(7)35(54-32-20-40(9,49-14)36(47)29(8)53-32)27(6)37(55-39-34(46)31(42(11)12)18-26(5)52-39)41(10,50-15)19-24(3)33(45)25(4)21-43(30)13/h24-37,39,45-47H,16-23H2,1-15H3/t24-,25-,26-,27+,28-,29+,30+,31+,32+,33+,34-,35+,36+,37-,39+,40-,41+/m1/s1. The number of hydrogen-bond acceptors (Lipinski definition) is 14. The van der Waals surface area contributed by atoms with Crippen LogP contribution in [-0.2, 0) is 38.0 Å². The van der Waals surface area contributed by atoms with Gasteiger partial charge < -0.3 is 58.3 Å². The molecule has 14 nitrogen and oxygen atoms in total. The second kappa shape index (κ2) is 20.8. The van der Waals surface area contributed by atoms with Crippen LogP contribution in [0.1, 0.15) is 88.5 Å². The van der Waals surface area contributed by atoms with Crippen LogP contribution < -0.4 is 0 Å². The summed E-state index contributed by atoms with van der Waals surface area (Å²) in [6, 6.07) is -0.342. The third kappa shape index (κ3) is 11.8. The van der Waals surface area contributed by atoms with E-state index in [0.29, 0.717) is 25.9 Å². The smallest absolute Gasteiger partial charge is 0.311 e. The number of nitrogens with zero attached hydrogens (tertiary/aromatic N) is 3. The Bertz CT molecular complexity index is 1170. The Hall–Kier alpha value is -1.01. The van der Waals surface area contributed by atoms with Crippen molar-refractivity contribution in [1.82, 2.24) is 14.7 Å². The number of cyclic esters (lactones) is 1. The zero-order valence-electron chi connectivity index (χ0n) is 36.8. The van der Waals surface area contributed by atoms with E-state index in [1.807, 2.05) is 67.6 Å². The summed E-state index contributed by atoms with van der Waals surface area (Å²) in [6.07, 6.45) is -5.71. The lowest BCUT2D eigenvalue weighted by atomic mass is 9.75. The number of carbonyl (C=O) groups is 1. The van der Waals surface area contributed by atoms with Gasteiger partial charge in [-0.2, -0.15) is 0 Å². The lowest BCUT2D eigenvalue weighted by molar-refractivity contribution is -0.319. The number of esters is 1. The van der Waals surface area contributed by atoms with Crippen molar-refractivity contribution in [1.29, 1.82) is 0 Å². The molecule has 3 aliphatic heterocycles. The third-order valence-corrected chi connectivity index (χ3v) is 13.1. The molecule has 3 rings (SSSR count). The lowest BCUT2D eigenvalue weighted by Gasteiger charge is -2.49. The highest BCUT2D eigenvalue weighted by atomic mass is 16.7. The van der Waals surface area contributed by atoms with Crippen molar-refractivity contribution >= 4 is 5.97 Å². The van der Waals surface area contributed by atoms with E-state index in [4.69, 9.17) is 33.2 Å². The molecule has 55 heavy (non-hydrogen) atoms. The van der Waals surface area contributed by atoms with Gasteiger partial charge in [0.2, 0.25) is 0 Å². The largest absolute Gasteiger partial charge is 0.464 e. The quantitative estimate of drug-likeness (QED) is 0.263. The predicted molar refractivity (Wildman–Crippen MR) is 210 cm³/mol. The maximum absolute atomic E-state index is 14.3. The third-order valence-electron chi connectivity index (χ3n) is 13.1. The minimum absolute atomic E-state index is 0.117. The molecule has 0 aromatic carbocycles. The molecule has 14 heteroatoms. The highest BCUT2D eigenvalue weighted by Gasteiger charge is 2.52. The van der Waals surface area contributed by atoms with Gasteiger partial charge in [0.25, 0.3) is 0 Å². The van der Waals surface area contributed by atoms with Crippen molar-refractivity contribution in [2.75, 3.05) is 68.1 Å². The Morgan fingerprint density at radius 3 is 2.05 bits per heavy atom. The first-order valence-electron chi connectivity index (χ1n) is 20.7. The van der Waals surface area contributed by atoms with Crippen LogP contribution >= 0.6 is 0 Å². The molecule has 0 saturated carbocycles. The fourth-order valence-electron chi connectivity index (χ4n) is 9.15. The zero-order valence-corrected chi connectivity index (χ0v) is 36.8. The number of methoxy groups -OCH3 is 2. The molecular formula is C41H79N3O11. The average Bonchev–Trinajstić information content (AvgIpc) is 3.14. The van der Waals surface area contributed by atoms with Crippen molar-refractivity contribution in [3.63, 3.8) is 0 Å². The summed E-state index contributed by atoms with van der Waals surface area (Å²) in [5.41, 5.74) is -2.02. The van der Waals surface area contributed by atoms with Gasteiger partial charge in [-0.25, -0.2) is 0 Å². The fraction of sp³-hybridized carbons (Fsp3) is 0.976. The van der Waals surface area contributed by atoms with Gasteiger partial charge in [0.1, 0.15) is 18.8 Å². The first-order chi connectivity index (χ1) is 25.7. The van der Waals surface area contributed by atoms with Crippen LogP contribution in [0.2, 0.25) is 0 Å². The molecular weight excluding hydrogens is 710 g/mol. The molecule has 0 aliphatic carbocycles. The molecule has 0 unspecified atom stereocenters. The van der Waals surface area contributed by atoms with E-state index in [-0.39, 0.29) is 43.1 Å². The van der Waals surface area contributed by atoms with E-state index in [2.05, 4.69) is 23.6 Å². The Labute approximate surface area is 332 Å². The summed E-state index contributed by atoms with van der Waals surface area (Å²) < 4.78 is 44.8. The summed E-state index contributed by atoms with van der Waals surface area (Å²) >= 11 is 0. The van der Waals surface area contributed by atoms with Crippen LogP contribution in [0.15, 0.2) is 0 Å². The van der Waals surface area contributed by atoms with E-state index in [0.717, 1.165) is 13.1 Å². The fourth-order valence-corrected chi connectivity index (χ4v) is 9.15. The first kappa shape index (κ1) is 48.4. The van der Waals surface area contributed by atoms with Gasteiger partial charge in [-0.15, -0.1) is 0 Å². The van der Waals surface area contributed by atoms with Crippen molar-refractivity contribution in [3.8, 4) is 0 Å². The number of carbonyl (C=O) groups excluding carboxylic acids is 1. The lowest BCUT2D eigenvalue weighted by Crippen LogP contribution is -2.61. The summed E-state index contributed by atoms with van der Waals surface area (Å²) in [4.78, 5) is 20.8. The molecule has 3 saturated heterocycles. The summed E-state index contributed by atoms with van der Waals surface area (Å²) in [5, 5.41) is 34.6. The van der Waals surface area contributed by atoms with Gasteiger partial charge in [-0.05, 0) is 93.5 Å². The van der Waals surface area contributed by atoms with Crippen LogP contribution in [0.3, 0.4) is 0 Å². The Morgan fingerprint density at radius 1 is 0.873 bits per heavy atom. The SMILES string of the molecule is CCN(CC)C[C@H]1COC(=O)[C@H](C)[C@@H](O[C@H]2C[C@@](C)(OC)[C@@H](O)[C@H](C)O2)[C@H](C)[C@@H](O[C@@H]2O[C@H](C)C[C@H](N(C)C)[C@H]2O)[C@@](C)(OC)C[C@@H](C)[C@H](O)[C@H](C)CN1C. The maximum Gasteiger partial charge on any atom is 0.311 e. The second-order valence-electron chi connectivity index (χ2n) is 17.7. The van der Waals surface area contributed by atoms with Gasteiger partial charge in [0.05, 0.1) is 53.7 Å². The normalized spacial score (nSPS) is 44.9. The first-order valence-corrected chi connectivity index (χ1v) is 20.7. The molecule has 3 N–H and O–H groups in total. The maximum atomic E-state index is 14.3. The number of rotatable bonds is 11. The van der Waals surface area contributed by atoms with Gasteiger partial charge >= 0.3 is 5.97 Å². The zero-order chi connectivity index (χ0) is 41.6. The topological polar surface area (TPSA) is 152 Å². The minimum Gasteiger partial charge on any atom is -0.464 e. The molecule has 3 aliphatic rings. The monoisotopic (exact) mass is 790 g/mol. The van der Waals surface area contributed by atoms with E-state index < -0.39 is 78.2 Å². The predicted octanol–water partition coefficient (Wildman–Crippen LogP) is 2.98. The molecule has 0 spiro atoms. The summed E-state index contributed by atoms with van der Waals surface area (Å²) in [5.74, 6) is -2.17. The Balaban J connectivity index is 2.18. The molecule has 0 aromatic heterocycles. The number of aliphatic hydroxyl groups is 3. The molecule has 0 aromatic rings. The Morgan fingerprint density at radius 2 is 1.49 bits per heavy atom. The van der Waals surface area contributed by atoms with E-state index in [9.17, 15) is 20.1 Å². The molecule has 3 fully saturated rings. The molecule has 3 heterocycles. The van der Waals surface area contributed by atoms with Gasteiger partial charge in [0, 0.05) is 45.7 Å². The minimum atomic E-state index is -1.06. The molecule has 324 valence electrons. The average molecular weight is 790 g/mol. The van der Waals surface area contributed by atoms with Gasteiger partial charge in [-0.3, -0.25) is 9.69 Å². The highest BCUT2D eigenvalue weighted by molar-refractivity contribution is 5.72. The van der Waals surface area contributed by atoms with E-state index in [1.165, 1.54) is 0 Å². The van der Waals surface area contributed by atoms with Crippen molar-refractivity contribution in [2.45, 2.75) is 167 Å². The number of likely N-dealkylation sites (N-methyl/N-ethyl adjacent to an activating group) is 3. The van der Waals surface area contributed by atoms with Crippen LogP contribution in [-0.4, -0.2) is 183 Å². The van der Waals surface area contributed by atoms with Gasteiger partial charge in [0.15, 0.2) is 12.6 Å². The van der Waals surface area contributed by atoms with Crippen LogP contribution in [0.5, 0.6) is 0 Å². The molecule has 0 amide bonds. The number of aliphatic hydroxyl groups excluding tert-OH is 3. The molecule has 17 atom stereocenters. The van der Waals surface area contributed by atoms with Crippen molar-refractivity contribution < 1.29 is 53.3 Å². The molecule has 0 bridgehead atoms. The molecule has 0 radical (unpaired) electrons. The van der Waals surface area contributed by atoms with Gasteiger partial charge in [-0.1, -0.05) is 34.6 Å². The van der Waals surface area contributed by atoms with Crippen LogP contribution in [0, 0.1) is 23.7 Å². The summed E-state index contributed by atoms with van der Waals surface area (Å²) in [7, 11) is 9.06. The number of hydrogen-bond donors (Lipinski definition) is 3. The van der Waals surface area contributed by atoms with E-state index >= 15 is 0 Å². The second-order valence-corrected chi connectivity index (χ2v) is 17.7. The Kier molecular flexibility index (Phi) is 18.3. The van der Waals surface area contributed by atoms with Crippen LogP contribution in [0.25, 0.3) is 0 Å². The van der Waals surface area contributed by atoms with E-state index in [1.54, 1.807) is 28.1 Å². The summed E-state index contributed by atoms with van der Waals surface area (Å²) in [6.45, 7) is 22.7. The highest BCUT2D eigenvalue weighted by Crippen LogP contribution is 2.41. The van der Waals surface area contributed by atoms with Crippen LogP contribution in [0.4, 0.5) is 0 Å². The number of ether oxygens (including phenoxy) is 7. The van der Waals surface area contributed by atoms with Crippen molar-refractivity contribution in [3.05, 3.63) is 0 Å².